The van der Waals surface area contributed by atoms with Crippen molar-refractivity contribution >= 4 is 57.5 Å². The molecule has 2 atom stereocenters. The zero-order valence-corrected chi connectivity index (χ0v) is 27.9. The van der Waals surface area contributed by atoms with E-state index in [0.29, 0.717) is 29.0 Å². The van der Waals surface area contributed by atoms with Gasteiger partial charge in [0.05, 0.1) is 11.2 Å². The first-order chi connectivity index (χ1) is 20.8. The van der Waals surface area contributed by atoms with Gasteiger partial charge in [-0.1, -0.05) is 86.7 Å². The molecule has 0 saturated carbocycles. The third-order valence-electron chi connectivity index (χ3n) is 6.81. The molecule has 0 aromatic heterocycles. The first kappa shape index (κ1) is 38.0. The molecule has 1 fully saturated rings. The Kier molecular flexibility index (Phi) is 19.1. The largest absolute Gasteiger partial charge is 0.481 e. The monoisotopic (exact) mass is 644 g/mol. The number of amidine groups is 1. The number of carboxylic acid groups (broad SMARTS) is 1. The molecule has 1 aliphatic heterocycles. The van der Waals surface area contributed by atoms with Crippen LogP contribution in [-0.2, 0) is 4.79 Å². The van der Waals surface area contributed by atoms with Crippen LogP contribution < -0.4 is 15.6 Å². The van der Waals surface area contributed by atoms with Gasteiger partial charge in [0.25, 0.3) is 0 Å². The van der Waals surface area contributed by atoms with E-state index in [1.165, 1.54) is 11.8 Å². The van der Waals surface area contributed by atoms with Crippen molar-refractivity contribution in [2.45, 2.75) is 58.1 Å². The van der Waals surface area contributed by atoms with Gasteiger partial charge in [0.15, 0.2) is 5.17 Å². The second-order valence-electron chi connectivity index (χ2n) is 9.81. The van der Waals surface area contributed by atoms with Crippen LogP contribution >= 0.6 is 35.0 Å². The van der Waals surface area contributed by atoms with Crippen LogP contribution in [0.25, 0.3) is 0 Å². The van der Waals surface area contributed by atoms with Gasteiger partial charge in [0.1, 0.15) is 0 Å². The first-order valence-corrected chi connectivity index (χ1v) is 16.3. The summed E-state index contributed by atoms with van der Waals surface area (Å²) < 4.78 is 0. The third-order valence-corrected chi connectivity index (χ3v) is 8.61. The maximum atomic E-state index is 11.7. The Bertz CT molecular complexity index is 1210. The number of alkyl halides is 1. The normalized spacial score (nSPS) is 17.0. The number of thioether (sulfide) groups is 1. The Hall–Kier alpha value is -3.05. The number of hydrogen-bond donors (Lipinski definition) is 2. The summed E-state index contributed by atoms with van der Waals surface area (Å²) in [4.78, 5) is 16.0. The average Bonchev–Trinajstić information content (AvgIpc) is 3.03. The molecule has 234 valence electrons. The Morgan fingerprint density at radius 3 is 2.67 bits per heavy atom. The van der Waals surface area contributed by atoms with Gasteiger partial charge in [-0.3, -0.25) is 4.79 Å². The van der Waals surface area contributed by atoms with E-state index in [0.717, 1.165) is 61.3 Å². The minimum Gasteiger partial charge on any atom is -0.481 e. The van der Waals surface area contributed by atoms with Crippen molar-refractivity contribution in [2.75, 3.05) is 35.3 Å². The summed E-state index contributed by atoms with van der Waals surface area (Å²) in [5, 5.41) is 15.0. The lowest BCUT2D eigenvalue weighted by Crippen LogP contribution is -2.39. The van der Waals surface area contributed by atoms with Crippen molar-refractivity contribution in [3.63, 3.8) is 0 Å². The fraction of sp³-hybridized carbons (Fsp3) is 0.412. The maximum Gasteiger partial charge on any atom is 0.308 e. The van der Waals surface area contributed by atoms with Gasteiger partial charge in [-0.05, 0) is 68.0 Å². The quantitative estimate of drug-likeness (QED) is 0.0401. The highest BCUT2D eigenvalue weighted by Gasteiger charge is 2.27. The van der Waals surface area contributed by atoms with Crippen LogP contribution in [0.15, 0.2) is 88.6 Å². The number of piperidine rings is 1. The summed E-state index contributed by atoms with van der Waals surface area (Å²) in [6.07, 6.45) is 24.1. The van der Waals surface area contributed by atoms with Crippen molar-refractivity contribution in [3.05, 3.63) is 83.5 Å². The molecule has 0 amide bonds. The predicted molar refractivity (Wildman–Crippen MR) is 190 cm³/mol. The summed E-state index contributed by atoms with van der Waals surface area (Å²) in [6.45, 7) is 12.6. The van der Waals surface area contributed by atoms with Gasteiger partial charge in [-0.15, -0.1) is 24.4 Å². The number of hydrogen-bond acceptors (Lipinski definition) is 5. The van der Waals surface area contributed by atoms with Crippen LogP contribution in [0.2, 0.25) is 0 Å². The summed E-state index contributed by atoms with van der Waals surface area (Å²) >= 11 is 13.9. The fourth-order valence-corrected chi connectivity index (χ4v) is 6.08. The molecule has 9 heteroatoms. The molecular weight excluding hydrogens is 599 g/mol. The highest BCUT2D eigenvalue weighted by Crippen LogP contribution is 2.34. The standard InChI is InChI=1S/C32H44Cl2N4O2S.C2H2/c1-5-8-21-38(29-16-9-15-28(22-29)37-20-11-14-26(23-37)31(39)40)32(36-35)41-30(25(7-3)13-10-19-33)24(4)17-18-27(34)12-6-2;1-2/h7,9-10,12-13,15-18,22,26,30H,4-6,8,11,14,19-21,23,35H2,1-3H3,(H,39,40);1-2H/b13-10-,18-17-,25-7+,27-12+,36-32+;. The minimum absolute atomic E-state index is 0.185. The number of nitrogens with zero attached hydrogens (tertiary/aromatic N) is 3. The van der Waals surface area contributed by atoms with Crippen LogP contribution in [-0.4, -0.2) is 47.0 Å². The summed E-state index contributed by atoms with van der Waals surface area (Å²) in [7, 11) is 0. The average molecular weight is 646 g/mol. The van der Waals surface area contributed by atoms with Crippen molar-refractivity contribution in [1.29, 1.82) is 0 Å². The number of unbranched alkanes of at least 4 members (excludes halogenated alkanes) is 1. The van der Waals surface area contributed by atoms with Crippen LogP contribution in [0.4, 0.5) is 11.4 Å². The van der Waals surface area contributed by atoms with E-state index in [4.69, 9.17) is 29.0 Å². The molecule has 1 aliphatic rings. The molecule has 2 rings (SSSR count). The number of hydrazone groups is 1. The van der Waals surface area contributed by atoms with Crippen molar-refractivity contribution in [1.82, 2.24) is 0 Å². The second-order valence-corrected chi connectivity index (χ2v) is 11.6. The Labute approximate surface area is 273 Å². The summed E-state index contributed by atoms with van der Waals surface area (Å²) in [6, 6.07) is 8.20. The van der Waals surface area contributed by atoms with E-state index in [1.54, 1.807) is 0 Å². The van der Waals surface area contributed by atoms with Gasteiger partial charge in [-0.2, -0.15) is 5.10 Å². The molecule has 1 aromatic rings. The Morgan fingerprint density at radius 1 is 1.33 bits per heavy atom. The van der Waals surface area contributed by atoms with E-state index in [9.17, 15) is 9.90 Å². The minimum atomic E-state index is -0.737. The molecule has 1 heterocycles. The SMILES string of the molecule is C#C.C=C(/C=C\C(Cl)=C/CC)C(S/C(=N/N)N(CCCC)c1cccc(N2CCCC(C(=O)O)C2)c1)C(/C=C\CCl)=C/C. The molecular formula is C34H46Cl2N4O2S. The molecule has 43 heavy (non-hydrogen) atoms. The number of aliphatic carboxylic acids is 1. The van der Waals surface area contributed by atoms with Crippen molar-refractivity contribution < 1.29 is 9.90 Å². The molecule has 0 bridgehead atoms. The van der Waals surface area contributed by atoms with Crippen LogP contribution in [0, 0.1) is 18.8 Å². The number of benzene rings is 1. The van der Waals surface area contributed by atoms with Gasteiger partial charge < -0.3 is 20.7 Å². The van der Waals surface area contributed by atoms with Gasteiger partial charge >= 0.3 is 5.97 Å². The molecule has 1 saturated heterocycles. The number of nitrogens with two attached hydrogens (primary N) is 1. The molecule has 2 unspecified atom stereocenters. The fourth-order valence-electron chi connectivity index (χ4n) is 4.60. The van der Waals surface area contributed by atoms with E-state index >= 15 is 0 Å². The zero-order valence-electron chi connectivity index (χ0n) is 25.6. The first-order valence-electron chi connectivity index (χ1n) is 14.5. The van der Waals surface area contributed by atoms with Crippen LogP contribution in [0.3, 0.4) is 0 Å². The zero-order chi connectivity index (χ0) is 32.2. The Balaban J connectivity index is 0.00000452. The van der Waals surface area contributed by atoms with E-state index in [-0.39, 0.29) is 11.2 Å². The van der Waals surface area contributed by atoms with Crippen LogP contribution in [0.5, 0.6) is 0 Å². The maximum absolute atomic E-state index is 11.7. The number of carboxylic acids is 1. The van der Waals surface area contributed by atoms with E-state index in [1.807, 2.05) is 68.5 Å². The highest BCUT2D eigenvalue weighted by atomic mass is 35.5. The molecule has 1 aromatic carbocycles. The molecule has 3 N–H and O–H groups in total. The smallest absolute Gasteiger partial charge is 0.308 e. The molecule has 6 nitrogen and oxygen atoms in total. The molecule has 0 radical (unpaired) electrons. The molecule has 0 aliphatic carbocycles. The van der Waals surface area contributed by atoms with Crippen molar-refractivity contribution in [3.8, 4) is 12.8 Å². The lowest BCUT2D eigenvalue weighted by Gasteiger charge is -2.34. The molecule has 0 spiro atoms. The number of halogens is 2. The highest BCUT2D eigenvalue weighted by molar-refractivity contribution is 8.15. The Morgan fingerprint density at radius 2 is 2.07 bits per heavy atom. The van der Waals surface area contributed by atoms with E-state index < -0.39 is 5.97 Å². The number of allylic oxidation sites excluding steroid dienone is 7. The van der Waals surface area contributed by atoms with Gasteiger partial charge in [0.2, 0.25) is 0 Å². The topological polar surface area (TPSA) is 82.2 Å². The lowest BCUT2D eigenvalue weighted by molar-refractivity contribution is -0.141. The van der Waals surface area contributed by atoms with Crippen molar-refractivity contribution in [2.24, 2.45) is 16.9 Å². The lowest BCUT2D eigenvalue weighted by atomic mass is 9.98. The van der Waals surface area contributed by atoms with Crippen LogP contribution in [0.1, 0.15) is 52.9 Å². The number of terminal acetylenes is 1. The second kappa shape index (κ2) is 21.6. The summed E-state index contributed by atoms with van der Waals surface area (Å²) in [5.41, 5.74) is 3.83. The summed E-state index contributed by atoms with van der Waals surface area (Å²) in [5.74, 6) is 5.38. The number of carbonyl (C=O) groups is 1. The van der Waals surface area contributed by atoms with Gasteiger partial charge in [0, 0.05) is 41.9 Å². The number of rotatable bonds is 14. The van der Waals surface area contributed by atoms with Gasteiger partial charge in [-0.25, -0.2) is 0 Å². The van der Waals surface area contributed by atoms with E-state index in [2.05, 4.69) is 47.3 Å². The number of anilines is 2. The predicted octanol–water partition coefficient (Wildman–Crippen LogP) is 8.56. The third kappa shape index (κ3) is 12.6.